The summed E-state index contributed by atoms with van der Waals surface area (Å²) in [7, 11) is 0. The van der Waals surface area contributed by atoms with Gasteiger partial charge >= 0.3 is 5.97 Å². The van der Waals surface area contributed by atoms with Crippen LogP contribution in [0.3, 0.4) is 0 Å². The number of carboxylic acid groups (broad SMARTS) is 1. The molecule has 166 valence electrons. The van der Waals surface area contributed by atoms with E-state index >= 15 is 0 Å². The molecule has 1 aliphatic rings. The molecule has 1 saturated carbocycles. The van der Waals surface area contributed by atoms with Crippen LogP contribution in [0.1, 0.15) is 77.8 Å². The summed E-state index contributed by atoms with van der Waals surface area (Å²) in [5, 5.41) is 14.0. The Balaban J connectivity index is 1.55. The van der Waals surface area contributed by atoms with Gasteiger partial charge in [-0.2, -0.15) is 0 Å². The lowest BCUT2D eigenvalue weighted by molar-refractivity contribution is 0.0697. The third kappa shape index (κ3) is 4.79. The van der Waals surface area contributed by atoms with Crippen LogP contribution in [0, 0.1) is 5.92 Å². The Morgan fingerprint density at radius 1 is 1.03 bits per heavy atom. The Hall–Kier alpha value is -3.28. The third-order valence-electron chi connectivity index (χ3n) is 6.17. The lowest BCUT2D eigenvalue weighted by atomic mass is 9.86. The monoisotopic (exact) mass is 431 g/mol. The summed E-state index contributed by atoms with van der Waals surface area (Å²) in [6.07, 6.45) is 7.01. The number of ketones is 1. The second-order valence-electron chi connectivity index (χ2n) is 8.51. The number of nitrogens with zero attached hydrogens (tertiary/aromatic N) is 3. The summed E-state index contributed by atoms with van der Waals surface area (Å²) in [5.41, 5.74) is 2.86. The van der Waals surface area contributed by atoms with Crippen molar-refractivity contribution in [1.82, 2.24) is 14.8 Å². The smallest absolute Gasteiger partial charge is 0.336 e. The maximum Gasteiger partial charge on any atom is 0.336 e. The summed E-state index contributed by atoms with van der Waals surface area (Å²) < 4.78 is 1.85. The highest BCUT2D eigenvalue weighted by molar-refractivity contribution is 5.96. The van der Waals surface area contributed by atoms with Crippen molar-refractivity contribution in [2.75, 3.05) is 0 Å². The molecule has 32 heavy (non-hydrogen) atoms. The van der Waals surface area contributed by atoms with Gasteiger partial charge in [0.2, 0.25) is 11.6 Å². The summed E-state index contributed by atoms with van der Waals surface area (Å²) >= 11 is 0. The molecular weight excluding hydrogens is 402 g/mol. The number of carboxylic acids is 1. The zero-order valence-corrected chi connectivity index (χ0v) is 18.5. The number of aromatic nitrogens is 3. The average molecular weight is 432 g/mol. The molecule has 1 fully saturated rings. The van der Waals surface area contributed by atoms with Crippen molar-refractivity contribution in [2.24, 2.45) is 5.92 Å². The van der Waals surface area contributed by atoms with Gasteiger partial charge in [-0.3, -0.25) is 4.79 Å². The van der Waals surface area contributed by atoms with Crippen molar-refractivity contribution in [3.63, 3.8) is 0 Å². The van der Waals surface area contributed by atoms with E-state index in [1.807, 2.05) is 41.1 Å². The number of carbonyl (C=O) groups is 2. The Morgan fingerprint density at radius 2 is 1.75 bits per heavy atom. The molecule has 1 aliphatic carbocycles. The molecule has 0 amide bonds. The zero-order valence-electron chi connectivity index (χ0n) is 18.5. The predicted octanol–water partition coefficient (Wildman–Crippen LogP) is 5.41. The minimum absolute atomic E-state index is 0.0580. The van der Waals surface area contributed by atoms with Crippen LogP contribution in [0.5, 0.6) is 0 Å². The highest BCUT2D eigenvalue weighted by Gasteiger charge is 2.26. The van der Waals surface area contributed by atoms with E-state index in [0.29, 0.717) is 17.9 Å². The standard InChI is InChI=1S/C26H29N3O3/c1-2-8-23-27-25(24(30)20-9-4-3-5-10-20)28-29(23)17-18-13-15-19(16-14-18)21-11-6-7-12-22(21)26(31)32/h6-7,11-16,20H,2-5,8-10,17H2,1H3,(H,31,32). The number of aromatic carboxylic acids is 1. The van der Waals surface area contributed by atoms with E-state index in [9.17, 15) is 14.7 Å². The summed E-state index contributed by atoms with van der Waals surface area (Å²) in [5.74, 6) is 0.398. The molecule has 1 aromatic heterocycles. The number of carbonyl (C=O) groups excluding carboxylic acids is 1. The lowest BCUT2D eigenvalue weighted by Crippen LogP contribution is -2.19. The number of Topliss-reactive ketones (excluding diaryl/α,β-unsaturated/α-hetero) is 1. The maximum absolute atomic E-state index is 12.9. The normalized spacial score (nSPS) is 14.4. The van der Waals surface area contributed by atoms with Gasteiger partial charge in [-0.05, 0) is 42.0 Å². The van der Waals surface area contributed by atoms with Crippen molar-refractivity contribution in [2.45, 2.75) is 58.4 Å². The first-order chi connectivity index (χ1) is 15.6. The fourth-order valence-corrected chi connectivity index (χ4v) is 4.45. The molecule has 0 atom stereocenters. The fourth-order valence-electron chi connectivity index (χ4n) is 4.45. The first-order valence-corrected chi connectivity index (χ1v) is 11.5. The Morgan fingerprint density at radius 3 is 2.44 bits per heavy atom. The van der Waals surface area contributed by atoms with Gasteiger partial charge in [0.05, 0.1) is 12.1 Å². The van der Waals surface area contributed by atoms with Crippen LogP contribution in [0.25, 0.3) is 11.1 Å². The molecule has 3 aromatic rings. The highest BCUT2D eigenvalue weighted by Crippen LogP contribution is 2.27. The molecule has 0 radical (unpaired) electrons. The van der Waals surface area contributed by atoms with E-state index < -0.39 is 5.97 Å². The van der Waals surface area contributed by atoms with Crippen molar-refractivity contribution in [3.8, 4) is 11.1 Å². The highest BCUT2D eigenvalue weighted by atomic mass is 16.4. The van der Waals surface area contributed by atoms with E-state index in [0.717, 1.165) is 55.5 Å². The first-order valence-electron chi connectivity index (χ1n) is 11.5. The van der Waals surface area contributed by atoms with E-state index in [2.05, 4.69) is 17.0 Å². The van der Waals surface area contributed by atoms with E-state index in [1.54, 1.807) is 12.1 Å². The van der Waals surface area contributed by atoms with E-state index in [1.165, 1.54) is 6.42 Å². The van der Waals surface area contributed by atoms with Crippen LogP contribution in [-0.2, 0) is 13.0 Å². The van der Waals surface area contributed by atoms with Crippen LogP contribution in [-0.4, -0.2) is 31.6 Å². The second kappa shape index (κ2) is 9.90. The van der Waals surface area contributed by atoms with Crippen molar-refractivity contribution < 1.29 is 14.7 Å². The molecule has 4 rings (SSSR count). The fraction of sp³-hybridized carbons (Fsp3) is 0.385. The van der Waals surface area contributed by atoms with Gasteiger partial charge in [0, 0.05) is 12.3 Å². The minimum Gasteiger partial charge on any atom is -0.478 e. The Kier molecular flexibility index (Phi) is 6.78. The number of aryl methyl sites for hydroxylation is 1. The van der Waals surface area contributed by atoms with Gasteiger partial charge < -0.3 is 5.11 Å². The minimum atomic E-state index is -0.938. The SMILES string of the molecule is CCCc1nc(C(=O)C2CCCCC2)nn1Cc1ccc(-c2ccccc2C(=O)O)cc1. The molecule has 0 spiro atoms. The van der Waals surface area contributed by atoms with E-state index in [-0.39, 0.29) is 17.3 Å². The summed E-state index contributed by atoms with van der Waals surface area (Å²) in [6.45, 7) is 2.62. The Bertz CT molecular complexity index is 1100. The molecule has 6 nitrogen and oxygen atoms in total. The van der Waals surface area contributed by atoms with E-state index in [4.69, 9.17) is 0 Å². The first kappa shape index (κ1) is 21.9. The quantitative estimate of drug-likeness (QED) is 0.482. The zero-order chi connectivity index (χ0) is 22.5. The summed E-state index contributed by atoms with van der Waals surface area (Å²) in [4.78, 5) is 29.1. The molecule has 0 aliphatic heterocycles. The van der Waals surface area contributed by atoms with Crippen molar-refractivity contribution in [3.05, 3.63) is 71.3 Å². The molecule has 0 bridgehead atoms. The number of benzene rings is 2. The lowest BCUT2D eigenvalue weighted by Gasteiger charge is -2.18. The average Bonchev–Trinajstić information content (AvgIpc) is 3.22. The van der Waals surface area contributed by atoms with Gasteiger partial charge in [-0.25, -0.2) is 14.5 Å². The van der Waals surface area contributed by atoms with Gasteiger partial charge in [0.15, 0.2) is 0 Å². The molecule has 6 heteroatoms. The predicted molar refractivity (Wildman–Crippen MR) is 123 cm³/mol. The maximum atomic E-state index is 12.9. The van der Waals surface area contributed by atoms with Crippen molar-refractivity contribution >= 4 is 11.8 Å². The number of hydrogen-bond acceptors (Lipinski definition) is 4. The summed E-state index contributed by atoms with van der Waals surface area (Å²) in [6, 6.07) is 14.8. The van der Waals surface area contributed by atoms with Crippen LogP contribution in [0.15, 0.2) is 48.5 Å². The number of hydrogen-bond donors (Lipinski definition) is 1. The molecule has 0 unspecified atom stereocenters. The Labute approximate surface area is 188 Å². The van der Waals surface area contributed by atoms with Gasteiger partial charge in [0.1, 0.15) is 5.82 Å². The number of rotatable bonds is 8. The molecule has 2 aromatic carbocycles. The molecule has 1 N–H and O–H groups in total. The van der Waals surface area contributed by atoms with Gasteiger partial charge in [0.25, 0.3) is 0 Å². The van der Waals surface area contributed by atoms with Crippen LogP contribution in [0.2, 0.25) is 0 Å². The van der Waals surface area contributed by atoms with Crippen molar-refractivity contribution in [1.29, 1.82) is 0 Å². The molecular formula is C26H29N3O3. The second-order valence-corrected chi connectivity index (χ2v) is 8.51. The van der Waals surface area contributed by atoms with Crippen LogP contribution in [0.4, 0.5) is 0 Å². The molecule has 0 saturated heterocycles. The van der Waals surface area contributed by atoms with Crippen LogP contribution < -0.4 is 0 Å². The topological polar surface area (TPSA) is 85.1 Å². The largest absolute Gasteiger partial charge is 0.478 e. The van der Waals surface area contributed by atoms with Gasteiger partial charge in [-0.1, -0.05) is 68.7 Å². The third-order valence-corrected chi connectivity index (χ3v) is 6.17. The van der Waals surface area contributed by atoms with Gasteiger partial charge in [-0.15, -0.1) is 5.10 Å². The van der Waals surface area contributed by atoms with Crippen LogP contribution >= 0.6 is 0 Å². The molecule has 1 heterocycles.